The Bertz CT molecular complexity index is 552. The molecule has 0 spiro atoms. The molecule has 2 N–H and O–H groups in total. The molecule has 1 unspecified atom stereocenters. The van der Waals surface area contributed by atoms with Crippen LogP contribution in [0.25, 0.3) is 10.8 Å². The van der Waals surface area contributed by atoms with Crippen LogP contribution in [0.4, 0.5) is 0 Å². The van der Waals surface area contributed by atoms with Crippen LogP contribution >= 0.6 is 11.3 Å². The maximum absolute atomic E-state index is 9.38. The Hall–Kier alpha value is -1.28. The monoisotopic (exact) mass is 311 g/mol. The number of aromatic nitrogens is 2. The molecule has 0 aliphatic rings. The summed E-state index contributed by atoms with van der Waals surface area (Å²) in [6, 6.07) is 3.78. The molecule has 2 aromatic rings. The Morgan fingerprint density at radius 3 is 2.67 bits per heavy atom. The molecule has 0 radical (unpaired) electrons. The zero-order valence-corrected chi connectivity index (χ0v) is 13.3. The van der Waals surface area contributed by atoms with Crippen molar-refractivity contribution in [2.24, 2.45) is 5.41 Å². The molecule has 21 heavy (non-hydrogen) atoms. The summed E-state index contributed by atoms with van der Waals surface area (Å²) in [5, 5.41) is 28.9. The average Bonchev–Trinajstić information content (AvgIpc) is 3.16. The lowest BCUT2D eigenvalue weighted by molar-refractivity contribution is 0.0295. The predicted molar refractivity (Wildman–Crippen MR) is 80.9 cm³/mol. The molecule has 0 bridgehead atoms. The fourth-order valence-corrected chi connectivity index (χ4v) is 2.62. The molecular formula is C14H21N3O3S. The van der Waals surface area contributed by atoms with E-state index in [0.717, 1.165) is 4.88 Å². The van der Waals surface area contributed by atoms with Gasteiger partial charge in [0.2, 0.25) is 5.89 Å². The molecule has 0 aliphatic heterocycles. The summed E-state index contributed by atoms with van der Waals surface area (Å²) in [6.45, 7) is 4.16. The van der Waals surface area contributed by atoms with Gasteiger partial charge in [-0.2, -0.15) is 0 Å². The van der Waals surface area contributed by atoms with Crippen molar-refractivity contribution in [3.05, 3.63) is 23.4 Å². The lowest BCUT2D eigenvalue weighted by atomic mass is 9.92. The van der Waals surface area contributed by atoms with Crippen molar-refractivity contribution in [2.75, 3.05) is 26.8 Å². The highest BCUT2D eigenvalue weighted by atomic mass is 32.1. The Kier molecular flexibility index (Phi) is 5.10. The second-order valence-electron chi connectivity index (χ2n) is 5.64. The van der Waals surface area contributed by atoms with E-state index in [-0.39, 0.29) is 19.3 Å². The van der Waals surface area contributed by atoms with Crippen molar-refractivity contribution in [2.45, 2.75) is 19.9 Å². The first-order valence-corrected chi connectivity index (χ1v) is 7.66. The average molecular weight is 311 g/mol. The number of hydrogen-bond acceptors (Lipinski definition) is 7. The van der Waals surface area contributed by atoms with E-state index in [2.05, 4.69) is 10.2 Å². The molecule has 7 heteroatoms. The predicted octanol–water partition coefficient (Wildman–Crippen LogP) is 1.78. The fourth-order valence-electron chi connectivity index (χ4n) is 1.98. The minimum Gasteiger partial charge on any atom is -0.418 e. The largest absolute Gasteiger partial charge is 0.418 e. The van der Waals surface area contributed by atoms with Crippen molar-refractivity contribution in [3.63, 3.8) is 0 Å². The molecular weight excluding hydrogens is 290 g/mol. The normalized spacial score (nSPS) is 13.8. The molecule has 2 aromatic heterocycles. The molecule has 116 valence electrons. The van der Waals surface area contributed by atoms with Gasteiger partial charge in [-0.1, -0.05) is 13.0 Å². The third kappa shape index (κ3) is 3.68. The van der Waals surface area contributed by atoms with Gasteiger partial charge in [0.05, 0.1) is 24.1 Å². The van der Waals surface area contributed by atoms with Crippen molar-refractivity contribution in [1.82, 2.24) is 15.1 Å². The molecule has 0 amide bonds. The van der Waals surface area contributed by atoms with Gasteiger partial charge in [-0.25, -0.2) is 0 Å². The smallest absolute Gasteiger partial charge is 0.257 e. The Labute approximate surface area is 128 Å². The molecule has 1 atom stereocenters. The lowest BCUT2D eigenvalue weighted by Crippen LogP contribution is -2.40. The highest BCUT2D eigenvalue weighted by Gasteiger charge is 2.28. The zero-order chi connectivity index (χ0) is 15.5. The first-order chi connectivity index (χ1) is 9.99. The minimum atomic E-state index is -0.556. The summed E-state index contributed by atoms with van der Waals surface area (Å²) >= 11 is 1.55. The highest BCUT2D eigenvalue weighted by molar-refractivity contribution is 7.13. The highest BCUT2D eigenvalue weighted by Crippen LogP contribution is 2.27. The van der Waals surface area contributed by atoms with Crippen LogP contribution in [0.5, 0.6) is 0 Å². The van der Waals surface area contributed by atoms with Gasteiger partial charge >= 0.3 is 0 Å². The van der Waals surface area contributed by atoms with Crippen LogP contribution in [-0.4, -0.2) is 52.1 Å². The summed E-state index contributed by atoms with van der Waals surface area (Å²) in [5.74, 6) is 1.05. The van der Waals surface area contributed by atoms with Gasteiger partial charge in [-0.3, -0.25) is 4.90 Å². The van der Waals surface area contributed by atoms with Crippen LogP contribution in [0.2, 0.25) is 0 Å². The van der Waals surface area contributed by atoms with Crippen molar-refractivity contribution in [3.8, 4) is 10.8 Å². The topological polar surface area (TPSA) is 82.6 Å². The molecule has 0 fully saturated rings. The number of rotatable bonds is 7. The third-order valence-electron chi connectivity index (χ3n) is 3.59. The van der Waals surface area contributed by atoms with Gasteiger partial charge in [0, 0.05) is 12.0 Å². The standard InChI is InChI=1S/C14H21N3O3S/c1-10(17(3)7-14(2,8-18)9-19)12-15-16-13(20-12)11-5-4-6-21-11/h4-6,10,18-19H,7-9H2,1-3H3. The minimum absolute atomic E-state index is 0.0785. The number of thiophene rings is 1. The van der Waals surface area contributed by atoms with E-state index in [0.29, 0.717) is 18.3 Å². The molecule has 2 heterocycles. The molecule has 0 aromatic carbocycles. The van der Waals surface area contributed by atoms with Crippen LogP contribution in [-0.2, 0) is 0 Å². The summed E-state index contributed by atoms with van der Waals surface area (Å²) < 4.78 is 5.71. The van der Waals surface area contributed by atoms with E-state index in [4.69, 9.17) is 4.42 Å². The van der Waals surface area contributed by atoms with Crippen LogP contribution in [0.15, 0.2) is 21.9 Å². The summed E-state index contributed by atoms with van der Waals surface area (Å²) in [6.07, 6.45) is 0. The van der Waals surface area contributed by atoms with Gasteiger partial charge in [0.25, 0.3) is 5.89 Å². The van der Waals surface area contributed by atoms with Crippen LogP contribution < -0.4 is 0 Å². The molecule has 2 rings (SSSR count). The van der Waals surface area contributed by atoms with E-state index in [1.807, 2.05) is 43.3 Å². The summed E-state index contributed by atoms with van der Waals surface area (Å²) in [5.41, 5.74) is -0.556. The summed E-state index contributed by atoms with van der Waals surface area (Å²) in [4.78, 5) is 2.93. The molecule has 0 saturated carbocycles. The number of nitrogens with zero attached hydrogens (tertiary/aromatic N) is 3. The Morgan fingerprint density at radius 1 is 1.38 bits per heavy atom. The third-order valence-corrected chi connectivity index (χ3v) is 4.44. The molecule has 0 saturated heterocycles. The number of aliphatic hydroxyl groups excluding tert-OH is 2. The van der Waals surface area contributed by atoms with E-state index < -0.39 is 5.41 Å². The summed E-state index contributed by atoms with van der Waals surface area (Å²) in [7, 11) is 1.91. The van der Waals surface area contributed by atoms with Gasteiger partial charge in [0.15, 0.2) is 0 Å². The van der Waals surface area contributed by atoms with Crippen LogP contribution in [0.3, 0.4) is 0 Å². The SMILES string of the molecule is CC(c1nnc(-c2cccs2)o1)N(C)CC(C)(CO)CO. The van der Waals surface area contributed by atoms with Crippen molar-refractivity contribution < 1.29 is 14.6 Å². The Balaban J connectivity index is 2.07. The van der Waals surface area contributed by atoms with Crippen molar-refractivity contribution >= 4 is 11.3 Å². The number of hydrogen-bond donors (Lipinski definition) is 2. The first-order valence-electron chi connectivity index (χ1n) is 6.78. The zero-order valence-electron chi connectivity index (χ0n) is 12.5. The van der Waals surface area contributed by atoms with Crippen LogP contribution in [0, 0.1) is 5.41 Å². The van der Waals surface area contributed by atoms with Gasteiger partial charge < -0.3 is 14.6 Å². The second kappa shape index (κ2) is 6.65. The van der Waals surface area contributed by atoms with Crippen molar-refractivity contribution in [1.29, 1.82) is 0 Å². The van der Waals surface area contributed by atoms with E-state index in [1.54, 1.807) is 11.3 Å². The molecule has 6 nitrogen and oxygen atoms in total. The second-order valence-corrected chi connectivity index (χ2v) is 6.59. The van der Waals surface area contributed by atoms with Gasteiger partial charge in [0.1, 0.15) is 0 Å². The van der Waals surface area contributed by atoms with E-state index >= 15 is 0 Å². The van der Waals surface area contributed by atoms with E-state index in [1.165, 1.54) is 0 Å². The Morgan fingerprint density at radius 2 is 2.10 bits per heavy atom. The maximum atomic E-state index is 9.38. The van der Waals surface area contributed by atoms with Gasteiger partial charge in [-0.05, 0) is 25.4 Å². The fraction of sp³-hybridized carbons (Fsp3) is 0.571. The first kappa shape index (κ1) is 16.1. The quantitative estimate of drug-likeness (QED) is 0.811. The van der Waals surface area contributed by atoms with Gasteiger partial charge in [-0.15, -0.1) is 21.5 Å². The van der Waals surface area contributed by atoms with Crippen LogP contribution in [0.1, 0.15) is 25.8 Å². The molecule has 0 aliphatic carbocycles. The lowest BCUT2D eigenvalue weighted by Gasteiger charge is -2.32. The number of aliphatic hydroxyl groups is 2. The maximum Gasteiger partial charge on any atom is 0.257 e. The van der Waals surface area contributed by atoms with E-state index in [9.17, 15) is 10.2 Å².